The van der Waals surface area contributed by atoms with Crippen LogP contribution in [0.3, 0.4) is 0 Å². The fourth-order valence-electron chi connectivity index (χ4n) is 5.17. The van der Waals surface area contributed by atoms with Crippen molar-refractivity contribution in [3.8, 4) is 0 Å². The van der Waals surface area contributed by atoms with Gasteiger partial charge >= 0.3 is 0 Å². The van der Waals surface area contributed by atoms with E-state index in [4.69, 9.17) is 4.43 Å². The molecule has 1 N–H and O–H groups in total. The van der Waals surface area contributed by atoms with Gasteiger partial charge in [-0.25, -0.2) is 0 Å². The molecular formula is C23H42O2Si. The van der Waals surface area contributed by atoms with Crippen molar-refractivity contribution in [1.82, 2.24) is 0 Å². The standard InChI is InChI=1S/C23H42O2Si/c1-7-26(8-2,9-3)25-23(20-13-10-11-14-20)16-12-15-21(23)17-22(24)19(6)18(4)5/h13,21-22,24H,7-12,14-17H2,1-6H3/t21-,22?,23+/m1/s1. The van der Waals surface area contributed by atoms with E-state index in [1.54, 1.807) is 5.57 Å². The molecule has 0 saturated heterocycles. The highest BCUT2D eigenvalue weighted by Gasteiger charge is 2.51. The van der Waals surface area contributed by atoms with Crippen LogP contribution in [0, 0.1) is 5.92 Å². The van der Waals surface area contributed by atoms with Crippen LogP contribution in [0.25, 0.3) is 0 Å². The predicted molar refractivity (Wildman–Crippen MR) is 115 cm³/mol. The van der Waals surface area contributed by atoms with E-state index in [1.165, 1.54) is 62.2 Å². The molecule has 1 fully saturated rings. The second-order valence-electron chi connectivity index (χ2n) is 8.88. The van der Waals surface area contributed by atoms with Gasteiger partial charge in [-0.05, 0) is 101 Å². The normalized spacial score (nSPS) is 27.5. The van der Waals surface area contributed by atoms with Crippen LogP contribution in [0.2, 0.25) is 18.1 Å². The summed E-state index contributed by atoms with van der Waals surface area (Å²) in [7, 11) is -1.70. The summed E-state index contributed by atoms with van der Waals surface area (Å²) >= 11 is 0. The minimum atomic E-state index is -1.70. The van der Waals surface area contributed by atoms with E-state index in [-0.39, 0.29) is 11.7 Å². The summed E-state index contributed by atoms with van der Waals surface area (Å²) in [4.78, 5) is 0. The van der Waals surface area contributed by atoms with Gasteiger partial charge in [0.05, 0.1) is 11.7 Å². The number of allylic oxidation sites excluding steroid dienone is 2. The first-order valence-corrected chi connectivity index (χ1v) is 13.6. The SMILES string of the molecule is CC[Si](CC)(CC)O[C@]1(C2=CCCC2)CCC[C@@H]1CC(O)C(C)=C(C)C. The topological polar surface area (TPSA) is 29.5 Å². The Bertz CT molecular complexity index is 520. The number of hydrogen-bond donors (Lipinski definition) is 1. The first-order valence-electron chi connectivity index (χ1n) is 11.1. The van der Waals surface area contributed by atoms with Crippen molar-refractivity contribution in [2.75, 3.05) is 0 Å². The van der Waals surface area contributed by atoms with Crippen molar-refractivity contribution in [2.24, 2.45) is 5.92 Å². The highest BCUT2D eigenvalue weighted by atomic mass is 28.4. The molecule has 0 aliphatic heterocycles. The lowest BCUT2D eigenvalue weighted by molar-refractivity contribution is 0.0297. The molecule has 26 heavy (non-hydrogen) atoms. The minimum Gasteiger partial charge on any atom is -0.407 e. The number of hydrogen-bond acceptors (Lipinski definition) is 2. The largest absolute Gasteiger partial charge is 0.407 e. The first kappa shape index (κ1) is 21.9. The van der Waals surface area contributed by atoms with Crippen LogP contribution in [-0.2, 0) is 4.43 Å². The minimum absolute atomic E-state index is 0.0757. The van der Waals surface area contributed by atoms with Gasteiger partial charge in [-0.1, -0.05) is 32.4 Å². The third-order valence-electron chi connectivity index (χ3n) is 7.47. The Morgan fingerprint density at radius 1 is 1.19 bits per heavy atom. The van der Waals surface area contributed by atoms with E-state index in [9.17, 15) is 5.11 Å². The maximum absolute atomic E-state index is 10.9. The molecule has 3 atom stereocenters. The molecule has 2 nitrogen and oxygen atoms in total. The summed E-state index contributed by atoms with van der Waals surface area (Å²) in [5.74, 6) is 0.465. The average molecular weight is 379 g/mol. The predicted octanol–water partition coefficient (Wildman–Crippen LogP) is 6.76. The van der Waals surface area contributed by atoms with E-state index >= 15 is 0 Å². The third kappa shape index (κ3) is 4.36. The van der Waals surface area contributed by atoms with Crippen LogP contribution in [0.4, 0.5) is 0 Å². The van der Waals surface area contributed by atoms with E-state index in [2.05, 4.69) is 47.6 Å². The fraction of sp³-hybridized carbons (Fsp3) is 0.826. The molecule has 0 aromatic heterocycles. The van der Waals surface area contributed by atoms with Crippen LogP contribution in [0.5, 0.6) is 0 Å². The summed E-state index contributed by atoms with van der Waals surface area (Å²) in [6, 6.07) is 3.62. The Hall–Kier alpha value is -0.383. The van der Waals surface area contributed by atoms with E-state index < -0.39 is 8.32 Å². The van der Waals surface area contributed by atoms with Gasteiger partial charge in [0.25, 0.3) is 0 Å². The number of aliphatic hydroxyl groups excluding tert-OH is 1. The highest BCUT2D eigenvalue weighted by molar-refractivity contribution is 6.73. The summed E-state index contributed by atoms with van der Waals surface area (Å²) in [6.45, 7) is 13.3. The number of aliphatic hydroxyl groups is 1. The van der Waals surface area contributed by atoms with Crippen molar-refractivity contribution in [3.63, 3.8) is 0 Å². The molecule has 3 heteroatoms. The van der Waals surface area contributed by atoms with Gasteiger partial charge in [0.1, 0.15) is 0 Å². The van der Waals surface area contributed by atoms with E-state index in [0.717, 1.165) is 12.0 Å². The van der Waals surface area contributed by atoms with Gasteiger partial charge in [0.15, 0.2) is 8.32 Å². The van der Waals surface area contributed by atoms with Gasteiger partial charge in [0.2, 0.25) is 0 Å². The molecule has 1 unspecified atom stereocenters. The Morgan fingerprint density at radius 3 is 2.35 bits per heavy atom. The molecule has 0 spiro atoms. The van der Waals surface area contributed by atoms with E-state index in [0.29, 0.717) is 5.92 Å². The molecule has 2 rings (SSSR count). The molecule has 0 amide bonds. The first-order chi connectivity index (χ1) is 12.3. The van der Waals surface area contributed by atoms with Gasteiger partial charge < -0.3 is 9.53 Å². The van der Waals surface area contributed by atoms with E-state index in [1.807, 2.05) is 0 Å². The average Bonchev–Trinajstić information content (AvgIpc) is 3.30. The smallest absolute Gasteiger partial charge is 0.193 e. The van der Waals surface area contributed by atoms with Gasteiger partial charge in [0, 0.05) is 0 Å². The maximum atomic E-state index is 10.9. The lowest BCUT2D eigenvalue weighted by atomic mass is 9.79. The van der Waals surface area contributed by atoms with Crippen LogP contribution >= 0.6 is 0 Å². The van der Waals surface area contributed by atoms with Crippen molar-refractivity contribution < 1.29 is 9.53 Å². The molecule has 0 radical (unpaired) electrons. The van der Waals surface area contributed by atoms with Gasteiger partial charge in [-0.2, -0.15) is 0 Å². The Kier molecular flexibility index (Phi) is 7.76. The summed E-state index contributed by atoms with van der Waals surface area (Å²) in [6.07, 6.45) is 10.3. The molecule has 0 heterocycles. The number of rotatable bonds is 9. The zero-order chi connectivity index (χ0) is 19.4. The van der Waals surface area contributed by atoms with Crippen LogP contribution in [-0.4, -0.2) is 25.1 Å². The zero-order valence-corrected chi connectivity index (χ0v) is 19.2. The summed E-state index contributed by atoms with van der Waals surface area (Å²) < 4.78 is 7.32. The van der Waals surface area contributed by atoms with Crippen molar-refractivity contribution in [3.05, 3.63) is 22.8 Å². The molecule has 0 bridgehead atoms. The maximum Gasteiger partial charge on any atom is 0.193 e. The van der Waals surface area contributed by atoms with Crippen LogP contribution < -0.4 is 0 Å². The quantitative estimate of drug-likeness (QED) is 0.354. The fourth-order valence-corrected chi connectivity index (χ4v) is 8.27. The zero-order valence-electron chi connectivity index (χ0n) is 18.2. The molecular weight excluding hydrogens is 336 g/mol. The molecule has 150 valence electrons. The summed E-state index contributed by atoms with van der Waals surface area (Å²) in [5, 5.41) is 10.9. The van der Waals surface area contributed by atoms with Crippen LogP contribution in [0.15, 0.2) is 22.8 Å². The second kappa shape index (κ2) is 9.21. The van der Waals surface area contributed by atoms with Crippen molar-refractivity contribution >= 4 is 8.32 Å². The Balaban J connectivity index is 2.35. The lowest BCUT2D eigenvalue weighted by Crippen LogP contribution is -2.50. The van der Waals surface area contributed by atoms with Gasteiger partial charge in [-0.15, -0.1) is 0 Å². The van der Waals surface area contributed by atoms with Crippen molar-refractivity contribution in [2.45, 2.75) is 116 Å². The second-order valence-corrected chi connectivity index (χ2v) is 13.6. The molecule has 2 aliphatic carbocycles. The van der Waals surface area contributed by atoms with Crippen molar-refractivity contribution in [1.29, 1.82) is 0 Å². The highest BCUT2D eigenvalue weighted by Crippen LogP contribution is 2.51. The Morgan fingerprint density at radius 2 is 1.85 bits per heavy atom. The molecule has 0 aromatic carbocycles. The third-order valence-corrected chi connectivity index (χ3v) is 12.1. The molecule has 1 saturated carbocycles. The monoisotopic (exact) mass is 378 g/mol. The summed E-state index contributed by atoms with van der Waals surface area (Å²) in [5.41, 5.74) is 3.90. The molecule has 0 aromatic rings. The lowest BCUT2D eigenvalue weighted by Gasteiger charge is -2.46. The van der Waals surface area contributed by atoms with Gasteiger partial charge in [-0.3, -0.25) is 0 Å². The Labute approximate surface area is 163 Å². The molecule has 2 aliphatic rings. The van der Waals surface area contributed by atoms with Crippen LogP contribution in [0.1, 0.15) is 86.5 Å².